The molecule has 3 fully saturated rings. The third kappa shape index (κ3) is 4.95. The summed E-state index contributed by atoms with van der Waals surface area (Å²) in [6, 6.07) is 0. The van der Waals surface area contributed by atoms with Gasteiger partial charge in [-0.15, -0.1) is 0 Å². The maximum absolute atomic E-state index is 12.4. The van der Waals surface area contributed by atoms with E-state index in [1.165, 1.54) is 64.2 Å². The first-order chi connectivity index (χ1) is 11.8. The third-order valence-corrected chi connectivity index (χ3v) is 6.59. The van der Waals surface area contributed by atoms with E-state index in [9.17, 15) is 4.79 Å². The minimum atomic E-state index is 0.197. The Morgan fingerprint density at radius 2 is 1.67 bits per heavy atom. The van der Waals surface area contributed by atoms with Gasteiger partial charge < -0.3 is 10.1 Å². The summed E-state index contributed by atoms with van der Waals surface area (Å²) < 4.78 is 5.54. The van der Waals surface area contributed by atoms with E-state index in [1.807, 2.05) is 0 Å². The van der Waals surface area contributed by atoms with Gasteiger partial charge in [0.15, 0.2) is 0 Å². The van der Waals surface area contributed by atoms with Crippen molar-refractivity contribution in [3.8, 4) is 0 Å². The summed E-state index contributed by atoms with van der Waals surface area (Å²) in [5, 5.41) is 3.31. The molecule has 3 aliphatic rings. The van der Waals surface area contributed by atoms with Crippen LogP contribution in [0.5, 0.6) is 0 Å². The van der Waals surface area contributed by atoms with Gasteiger partial charge in [0.05, 0.1) is 13.2 Å². The van der Waals surface area contributed by atoms with Gasteiger partial charge in [-0.2, -0.15) is 0 Å². The fraction of sp³-hybridized carbons (Fsp3) is 0.950. The molecule has 0 bridgehead atoms. The summed E-state index contributed by atoms with van der Waals surface area (Å²) in [5.74, 6) is 1.08. The highest BCUT2D eigenvalue weighted by Crippen LogP contribution is 2.34. The van der Waals surface area contributed by atoms with E-state index in [4.69, 9.17) is 4.74 Å². The van der Waals surface area contributed by atoms with Crippen LogP contribution in [-0.4, -0.2) is 49.2 Å². The number of ether oxygens (including phenoxy) is 1. The van der Waals surface area contributed by atoms with Crippen LogP contribution in [0.15, 0.2) is 0 Å². The van der Waals surface area contributed by atoms with E-state index in [2.05, 4.69) is 10.2 Å². The monoisotopic (exact) mass is 336 g/mol. The summed E-state index contributed by atoms with van der Waals surface area (Å²) in [6.45, 7) is 4.58. The van der Waals surface area contributed by atoms with Gasteiger partial charge in [-0.05, 0) is 25.2 Å². The Morgan fingerprint density at radius 1 is 1.00 bits per heavy atom. The maximum Gasteiger partial charge on any atom is 0.220 e. The second kappa shape index (κ2) is 9.19. The smallest absolute Gasteiger partial charge is 0.220 e. The molecule has 0 radical (unpaired) electrons. The highest BCUT2D eigenvalue weighted by atomic mass is 16.5. The van der Waals surface area contributed by atoms with Crippen molar-refractivity contribution in [2.45, 2.75) is 82.6 Å². The fourth-order valence-electron chi connectivity index (χ4n) is 5.01. The first-order valence-corrected chi connectivity index (χ1v) is 10.4. The molecule has 0 spiro atoms. The van der Waals surface area contributed by atoms with Gasteiger partial charge in [0.2, 0.25) is 5.91 Å². The molecule has 4 heteroatoms. The first-order valence-electron chi connectivity index (χ1n) is 10.4. The topological polar surface area (TPSA) is 41.6 Å². The number of rotatable bonds is 6. The Bertz CT molecular complexity index is 381. The summed E-state index contributed by atoms with van der Waals surface area (Å²) >= 11 is 0. The molecule has 2 aliphatic carbocycles. The van der Waals surface area contributed by atoms with E-state index >= 15 is 0 Å². The normalized spacial score (nSPS) is 26.2. The summed E-state index contributed by atoms with van der Waals surface area (Å²) in [6.07, 6.45) is 15.0. The lowest BCUT2D eigenvalue weighted by Crippen LogP contribution is -2.59. The fourth-order valence-corrected chi connectivity index (χ4v) is 5.01. The lowest BCUT2D eigenvalue weighted by molar-refractivity contribution is -0.122. The van der Waals surface area contributed by atoms with Crippen LogP contribution in [0.25, 0.3) is 0 Å². The first kappa shape index (κ1) is 18.2. The second-order valence-electron chi connectivity index (χ2n) is 8.20. The molecule has 0 atom stereocenters. The van der Waals surface area contributed by atoms with Crippen LogP contribution in [-0.2, 0) is 9.53 Å². The molecule has 2 saturated carbocycles. The Balaban J connectivity index is 1.46. The van der Waals surface area contributed by atoms with Gasteiger partial charge in [0.25, 0.3) is 0 Å². The molecular formula is C20H36N2O2. The molecule has 0 unspecified atom stereocenters. The van der Waals surface area contributed by atoms with E-state index in [0.717, 1.165) is 51.6 Å². The second-order valence-corrected chi connectivity index (χ2v) is 8.20. The highest BCUT2D eigenvalue weighted by molar-refractivity contribution is 5.75. The van der Waals surface area contributed by atoms with Crippen LogP contribution in [0.4, 0.5) is 0 Å². The van der Waals surface area contributed by atoms with E-state index in [1.54, 1.807) is 0 Å². The van der Waals surface area contributed by atoms with E-state index in [0.29, 0.717) is 0 Å². The Kier molecular flexibility index (Phi) is 6.96. The van der Waals surface area contributed by atoms with Gasteiger partial charge in [0.1, 0.15) is 0 Å². The molecule has 0 aromatic rings. The maximum atomic E-state index is 12.4. The molecule has 1 aliphatic heterocycles. The molecule has 0 aromatic carbocycles. The van der Waals surface area contributed by atoms with Crippen LogP contribution in [0, 0.1) is 5.92 Å². The van der Waals surface area contributed by atoms with Crippen LogP contribution in [0.3, 0.4) is 0 Å². The van der Waals surface area contributed by atoms with E-state index < -0.39 is 0 Å². The number of nitrogens with one attached hydrogen (secondary N) is 1. The molecule has 0 aromatic heterocycles. The largest absolute Gasteiger partial charge is 0.379 e. The minimum absolute atomic E-state index is 0.197. The van der Waals surface area contributed by atoms with Crippen molar-refractivity contribution in [3.05, 3.63) is 0 Å². The van der Waals surface area contributed by atoms with Crippen molar-refractivity contribution in [2.24, 2.45) is 5.92 Å². The summed E-state index contributed by atoms with van der Waals surface area (Å²) in [5.41, 5.74) is 0.197. The van der Waals surface area contributed by atoms with Crippen molar-refractivity contribution in [3.63, 3.8) is 0 Å². The predicted octanol–water partition coefficient (Wildman–Crippen LogP) is 3.50. The number of carbonyl (C=O) groups excluding carboxylic acids is 1. The average Bonchev–Trinajstić information content (AvgIpc) is 2.67. The van der Waals surface area contributed by atoms with Crippen molar-refractivity contribution >= 4 is 5.91 Å². The SMILES string of the molecule is O=C(CCC1CCCCC1)NCC1(N2CCOCC2)CCCCC1. The molecule has 1 amide bonds. The summed E-state index contributed by atoms with van der Waals surface area (Å²) in [7, 11) is 0. The number of nitrogens with zero attached hydrogens (tertiary/aromatic N) is 1. The quantitative estimate of drug-likeness (QED) is 0.807. The van der Waals surface area contributed by atoms with Crippen LogP contribution in [0.2, 0.25) is 0 Å². The highest BCUT2D eigenvalue weighted by Gasteiger charge is 2.38. The Hall–Kier alpha value is -0.610. The van der Waals surface area contributed by atoms with Crippen LogP contribution < -0.4 is 5.32 Å². The molecule has 1 saturated heterocycles. The summed E-state index contributed by atoms with van der Waals surface area (Å²) in [4.78, 5) is 15.0. The molecule has 4 nitrogen and oxygen atoms in total. The predicted molar refractivity (Wildman–Crippen MR) is 97.0 cm³/mol. The average molecular weight is 337 g/mol. The van der Waals surface area contributed by atoms with Crippen molar-refractivity contribution in [1.29, 1.82) is 0 Å². The molecular weight excluding hydrogens is 300 g/mol. The Morgan fingerprint density at radius 3 is 2.38 bits per heavy atom. The lowest BCUT2D eigenvalue weighted by Gasteiger charge is -2.48. The van der Waals surface area contributed by atoms with Crippen LogP contribution >= 0.6 is 0 Å². The van der Waals surface area contributed by atoms with Gasteiger partial charge in [-0.25, -0.2) is 0 Å². The van der Waals surface area contributed by atoms with Gasteiger partial charge in [-0.1, -0.05) is 51.4 Å². The zero-order chi connectivity index (χ0) is 16.7. The lowest BCUT2D eigenvalue weighted by atomic mass is 9.79. The molecule has 1 N–H and O–H groups in total. The molecule has 138 valence electrons. The number of amides is 1. The third-order valence-electron chi connectivity index (χ3n) is 6.59. The van der Waals surface area contributed by atoms with Crippen molar-refractivity contribution in [1.82, 2.24) is 10.2 Å². The number of hydrogen-bond acceptors (Lipinski definition) is 3. The zero-order valence-electron chi connectivity index (χ0n) is 15.4. The zero-order valence-corrected chi connectivity index (χ0v) is 15.4. The number of morpholine rings is 1. The van der Waals surface area contributed by atoms with E-state index in [-0.39, 0.29) is 11.4 Å². The standard InChI is InChI=1S/C20H36N2O2/c23-19(10-9-18-7-3-1-4-8-18)21-17-20(11-5-2-6-12-20)22-13-15-24-16-14-22/h18H,1-17H2,(H,21,23). The number of carbonyl (C=O) groups is 1. The van der Waals surface area contributed by atoms with Crippen LogP contribution in [0.1, 0.15) is 77.0 Å². The minimum Gasteiger partial charge on any atom is -0.379 e. The van der Waals surface area contributed by atoms with Crippen molar-refractivity contribution in [2.75, 3.05) is 32.8 Å². The van der Waals surface area contributed by atoms with Gasteiger partial charge in [-0.3, -0.25) is 9.69 Å². The Labute approximate surface area is 147 Å². The number of hydrogen-bond donors (Lipinski definition) is 1. The van der Waals surface area contributed by atoms with Gasteiger partial charge in [0, 0.05) is 31.6 Å². The molecule has 3 rings (SSSR count). The van der Waals surface area contributed by atoms with Gasteiger partial charge >= 0.3 is 0 Å². The molecule has 24 heavy (non-hydrogen) atoms. The van der Waals surface area contributed by atoms with Crippen molar-refractivity contribution < 1.29 is 9.53 Å². The molecule has 1 heterocycles.